The summed E-state index contributed by atoms with van der Waals surface area (Å²) in [5, 5.41) is 5.49. The summed E-state index contributed by atoms with van der Waals surface area (Å²) in [4.78, 5) is 26.1. The zero-order chi connectivity index (χ0) is 17.7. The number of nitrogens with one attached hydrogen (secondary N) is 2. The van der Waals surface area contributed by atoms with E-state index in [0.717, 1.165) is 31.5 Å². The Morgan fingerprint density at radius 2 is 2.00 bits per heavy atom. The summed E-state index contributed by atoms with van der Waals surface area (Å²) in [6, 6.07) is 3.61. The highest BCUT2D eigenvalue weighted by molar-refractivity contribution is 5.95. The van der Waals surface area contributed by atoms with Crippen LogP contribution >= 0.6 is 0 Å². The molecule has 1 aromatic carbocycles. The lowest BCUT2D eigenvalue weighted by Crippen LogP contribution is -2.46. The molecule has 0 aliphatic carbocycles. The largest absolute Gasteiger partial charge is 0.333 e. The number of benzene rings is 1. The molecule has 2 atom stereocenters. The molecule has 0 aromatic heterocycles. The second-order valence-electron chi connectivity index (χ2n) is 6.07. The fourth-order valence-electron chi connectivity index (χ4n) is 2.93. The van der Waals surface area contributed by atoms with E-state index in [0.29, 0.717) is 6.54 Å². The first-order chi connectivity index (χ1) is 11.4. The molecule has 0 spiro atoms. The van der Waals surface area contributed by atoms with Crippen LogP contribution in [0.1, 0.15) is 26.7 Å². The van der Waals surface area contributed by atoms with E-state index in [9.17, 15) is 18.4 Å². The van der Waals surface area contributed by atoms with Gasteiger partial charge in [0.25, 0.3) is 0 Å². The average Bonchev–Trinajstić information content (AvgIpc) is 2.55. The van der Waals surface area contributed by atoms with Crippen molar-refractivity contribution in [1.29, 1.82) is 0 Å². The number of para-hydroxylation sites is 1. The summed E-state index contributed by atoms with van der Waals surface area (Å²) in [6.45, 7) is 4.70. The van der Waals surface area contributed by atoms with E-state index in [-0.39, 0.29) is 24.4 Å². The zero-order valence-electron chi connectivity index (χ0n) is 13.9. The maximum atomic E-state index is 13.6. The molecule has 1 fully saturated rings. The van der Waals surface area contributed by atoms with Crippen LogP contribution in [0.25, 0.3) is 0 Å². The number of amides is 2. The Balaban J connectivity index is 1.99. The molecule has 1 heterocycles. The molecular weight excluding hydrogens is 316 g/mol. The fourth-order valence-corrected chi connectivity index (χ4v) is 2.93. The van der Waals surface area contributed by atoms with Crippen LogP contribution in [0.15, 0.2) is 18.2 Å². The Hall–Kier alpha value is -2.02. The van der Waals surface area contributed by atoms with Gasteiger partial charge in [-0.25, -0.2) is 8.78 Å². The number of hydrogen-bond donors (Lipinski definition) is 2. The van der Waals surface area contributed by atoms with Crippen LogP contribution in [0, 0.1) is 17.6 Å². The summed E-state index contributed by atoms with van der Waals surface area (Å²) < 4.78 is 27.2. The normalized spacial score (nSPS) is 20.5. The highest BCUT2D eigenvalue weighted by Gasteiger charge is 2.29. The molecule has 0 unspecified atom stereocenters. The predicted molar refractivity (Wildman–Crippen MR) is 87.4 cm³/mol. The molecule has 0 radical (unpaired) electrons. The van der Waals surface area contributed by atoms with Crippen molar-refractivity contribution >= 4 is 17.5 Å². The van der Waals surface area contributed by atoms with Crippen LogP contribution in [0.5, 0.6) is 0 Å². The van der Waals surface area contributed by atoms with E-state index >= 15 is 0 Å². The first-order valence-corrected chi connectivity index (χ1v) is 8.18. The predicted octanol–water partition coefficient (Wildman–Crippen LogP) is 2.14. The first kappa shape index (κ1) is 18.3. The summed E-state index contributed by atoms with van der Waals surface area (Å²) in [5.74, 6) is -2.51. The fraction of sp³-hybridized carbons (Fsp3) is 0.529. The molecular formula is C17H23F2N3O2. The number of piperidine rings is 1. The smallest absolute Gasteiger partial charge is 0.244 e. The Bertz CT molecular complexity index is 589. The molecule has 2 amide bonds. The van der Waals surface area contributed by atoms with E-state index in [2.05, 4.69) is 10.6 Å². The maximum absolute atomic E-state index is 13.6. The maximum Gasteiger partial charge on any atom is 0.244 e. The van der Waals surface area contributed by atoms with Crippen molar-refractivity contribution < 1.29 is 18.4 Å². The first-order valence-electron chi connectivity index (χ1n) is 8.18. The Morgan fingerprint density at radius 1 is 1.33 bits per heavy atom. The van der Waals surface area contributed by atoms with Gasteiger partial charge in [-0.2, -0.15) is 0 Å². The van der Waals surface area contributed by atoms with E-state index in [4.69, 9.17) is 0 Å². The molecule has 0 bridgehead atoms. The van der Waals surface area contributed by atoms with Gasteiger partial charge in [0, 0.05) is 18.5 Å². The van der Waals surface area contributed by atoms with Crippen molar-refractivity contribution in [1.82, 2.24) is 10.2 Å². The van der Waals surface area contributed by atoms with Crippen molar-refractivity contribution in [2.24, 2.45) is 5.92 Å². The van der Waals surface area contributed by atoms with Crippen molar-refractivity contribution in [3.05, 3.63) is 29.8 Å². The summed E-state index contributed by atoms with van der Waals surface area (Å²) >= 11 is 0. The van der Waals surface area contributed by atoms with E-state index < -0.39 is 23.2 Å². The lowest BCUT2D eigenvalue weighted by Gasteiger charge is -2.31. The van der Waals surface area contributed by atoms with Gasteiger partial charge in [0.15, 0.2) is 0 Å². The zero-order valence-corrected chi connectivity index (χ0v) is 13.9. The minimum Gasteiger partial charge on any atom is -0.333 e. The SMILES string of the molecule is CCN(CC(=O)Nc1c(F)cccc1F)C(=O)[C@H]1CCN[C@@H](C)C1. The number of likely N-dealkylation sites (N-methyl/N-ethyl adjacent to an activating group) is 1. The lowest BCUT2D eigenvalue weighted by atomic mass is 9.92. The molecule has 2 N–H and O–H groups in total. The molecule has 1 saturated heterocycles. The Kier molecular flexibility index (Phi) is 6.25. The molecule has 0 saturated carbocycles. The number of carbonyl (C=O) groups is 2. The molecule has 1 aliphatic rings. The van der Waals surface area contributed by atoms with Gasteiger partial charge in [0.05, 0.1) is 6.54 Å². The topological polar surface area (TPSA) is 61.4 Å². The summed E-state index contributed by atoms with van der Waals surface area (Å²) in [7, 11) is 0. The van der Waals surface area contributed by atoms with Gasteiger partial charge in [-0.3, -0.25) is 9.59 Å². The molecule has 24 heavy (non-hydrogen) atoms. The Morgan fingerprint density at radius 3 is 2.58 bits per heavy atom. The molecule has 2 rings (SSSR count). The van der Waals surface area contributed by atoms with Gasteiger partial charge in [0.2, 0.25) is 11.8 Å². The number of halogens is 2. The molecule has 1 aromatic rings. The standard InChI is InChI=1S/C17H23F2N3O2/c1-3-22(17(24)12-7-8-20-11(2)9-12)10-15(23)21-16-13(18)5-4-6-14(16)19/h4-6,11-12,20H,3,7-10H2,1-2H3,(H,21,23)/t11-,12-/m0/s1. The van der Waals surface area contributed by atoms with Crippen molar-refractivity contribution in [3.63, 3.8) is 0 Å². The quantitative estimate of drug-likeness (QED) is 0.864. The summed E-state index contributed by atoms with van der Waals surface area (Å²) in [5.41, 5.74) is -0.485. The highest BCUT2D eigenvalue weighted by atomic mass is 19.1. The van der Waals surface area contributed by atoms with Crippen molar-refractivity contribution in [2.75, 3.05) is 25.0 Å². The van der Waals surface area contributed by atoms with Crippen LogP contribution in [-0.4, -0.2) is 42.4 Å². The van der Waals surface area contributed by atoms with E-state index in [1.54, 1.807) is 6.92 Å². The average molecular weight is 339 g/mol. The van der Waals surface area contributed by atoms with Crippen LogP contribution in [-0.2, 0) is 9.59 Å². The van der Waals surface area contributed by atoms with Gasteiger partial charge in [-0.15, -0.1) is 0 Å². The minimum absolute atomic E-state index is 0.0880. The second-order valence-corrected chi connectivity index (χ2v) is 6.07. The van der Waals surface area contributed by atoms with Gasteiger partial charge in [0.1, 0.15) is 17.3 Å². The van der Waals surface area contributed by atoms with Gasteiger partial charge < -0.3 is 15.5 Å². The molecule has 132 valence electrons. The van der Waals surface area contributed by atoms with E-state index in [1.807, 2.05) is 6.92 Å². The number of anilines is 1. The monoisotopic (exact) mass is 339 g/mol. The highest BCUT2D eigenvalue weighted by Crippen LogP contribution is 2.20. The Labute approximate surface area is 140 Å². The third kappa shape index (κ3) is 4.50. The molecule has 7 heteroatoms. The number of rotatable bonds is 5. The second kappa shape index (κ2) is 8.19. The number of hydrogen-bond acceptors (Lipinski definition) is 3. The van der Waals surface area contributed by atoms with Crippen LogP contribution in [0.2, 0.25) is 0 Å². The lowest BCUT2D eigenvalue weighted by molar-refractivity contribution is -0.139. The summed E-state index contributed by atoms with van der Waals surface area (Å²) in [6.07, 6.45) is 1.45. The minimum atomic E-state index is -0.843. The molecule has 5 nitrogen and oxygen atoms in total. The van der Waals surface area contributed by atoms with Crippen LogP contribution in [0.4, 0.5) is 14.5 Å². The number of nitrogens with zero attached hydrogens (tertiary/aromatic N) is 1. The third-order valence-corrected chi connectivity index (χ3v) is 4.23. The van der Waals surface area contributed by atoms with E-state index in [1.165, 1.54) is 11.0 Å². The van der Waals surface area contributed by atoms with Gasteiger partial charge >= 0.3 is 0 Å². The van der Waals surface area contributed by atoms with Crippen molar-refractivity contribution in [2.45, 2.75) is 32.7 Å². The van der Waals surface area contributed by atoms with Gasteiger partial charge in [-0.05, 0) is 45.4 Å². The van der Waals surface area contributed by atoms with Crippen molar-refractivity contribution in [3.8, 4) is 0 Å². The van der Waals surface area contributed by atoms with Crippen LogP contribution in [0.3, 0.4) is 0 Å². The van der Waals surface area contributed by atoms with Crippen LogP contribution < -0.4 is 10.6 Å². The molecule has 1 aliphatic heterocycles. The number of carbonyl (C=O) groups excluding carboxylic acids is 2. The van der Waals surface area contributed by atoms with Gasteiger partial charge in [-0.1, -0.05) is 6.07 Å². The third-order valence-electron chi connectivity index (χ3n) is 4.23.